The van der Waals surface area contributed by atoms with Crippen LogP contribution in [0.3, 0.4) is 0 Å². The Hall–Kier alpha value is -4.03. The number of nitrogens with zero attached hydrogens (tertiary/aromatic N) is 4. The highest BCUT2D eigenvalue weighted by molar-refractivity contribution is 5.84. The van der Waals surface area contributed by atoms with Crippen LogP contribution in [0, 0.1) is 6.92 Å². The standard InChI is InChI=1S/C34H44N6O6/c1-22-19-23(20-28-30(22)36-33(43)45-28)21-29(31(41)38-15-9-24(10-16-38)37-13-5-2-6-14-37)46-34(44)39-17-11-25(12-18-39)40-27-8-4-3-7-26(27)35-32(40)42/h3-4,7-8,19-20,24-25,29,32,35,42H,2,5-6,9-18,21H2,1H3,(H,36,43). The molecule has 4 aliphatic heterocycles. The van der Waals surface area contributed by atoms with Crippen molar-refractivity contribution in [2.75, 3.05) is 49.5 Å². The number of nitrogens with one attached hydrogen (secondary N) is 2. The van der Waals surface area contributed by atoms with Gasteiger partial charge >= 0.3 is 11.8 Å². The summed E-state index contributed by atoms with van der Waals surface area (Å²) in [5.74, 6) is -0.716. The molecule has 3 saturated heterocycles. The second-order valence-corrected chi connectivity index (χ2v) is 13.2. The van der Waals surface area contributed by atoms with E-state index in [1.54, 1.807) is 11.0 Å². The Morgan fingerprint density at radius 1 is 0.957 bits per heavy atom. The summed E-state index contributed by atoms with van der Waals surface area (Å²) in [6.07, 6.45) is 4.78. The van der Waals surface area contributed by atoms with E-state index in [1.807, 2.05) is 47.1 Å². The van der Waals surface area contributed by atoms with Crippen molar-refractivity contribution in [1.29, 1.82) is 0 Å². The third kappa shape index (κ3) is 6.20. The van der Waals surface area contributed by atoms with Crippen LogP contribution in [-0.2, 0) is 16.0 Å². The van der Waals surface area contributed by atoms with Gasteiger partial charge in [-0.3, -0.25) is 9.78 Å². The molecule has 3 aromatic rings. The predicted molar refractivity (Wildman–Crippen MR) is 174 cm³/mol. The fourth-order valence-electron chi connectivity index (χ4n) is 7.83. The van der Waals surface area contributed by atoms with E-state index < -0.39 is 24.3 Å². The van der Waals surface area contributed by atoms with Crippen LogP contribution in [0.4, 0.5) is 16.2 Å². The van der Waals surface area contributed by atoms with Crippen molar-refractivity contribution in [3.05, 3.63) is 58.1 Å². The SMILES string of the molecule is Cc1cc(CC(OC(=O)N2CCC(N3c4ccccc4NC3O)CC2)C(=O)N2CCC(N3CCCCC3)CC2)cc2oc(=O)[nH]c12. The van der Waals surface area contributed by atoms with E-state index in [0.29, 0.717) is 56.2 Å². The molecule has 12 nitrogen and oxygen atoms in total. The van der Waals surface area contributed by atoms with Gasteiger partial charge in [-0.05, 0) is 87.9 Å². The van der Waals surface area contributed by atoms with Crippen LogP contribution in [-0.4, -0.2) is 101 Å². The van der Waals surface area contributed by atoms with Crippen LogP contribution in [0.2, 0.25) is 0 Å². The zero-order valence-corrected chi connectivity index (χ0v) is 26.5. The van der Waals surface area contributed by atoms with E-state index in [2.05, 4.69) is 15.2 Å². The zero-order valence-electron chi connectivity index (χ0n) is 26.5. The third-order valence-corrected chi connectivity index (χ3v) is 10.3. The number of benzene rings is 2. The van der Waals surface area contributed by atoms with Gasteiger partial charge in [0.25, 0.3) is 5.91 Å². The molecule has 0 radical (unpaired) electrons. The smallest absolute Gasteiger partial charge is 0.417 e. The van der Waals surface area contributed by atoms with Gasteiger partial charge in [-0.2, -0.15) is 0 Å². The van der Waals surface area contributed by atoms with Gasteiger partial charge in [0.1, 0.15) is 0 Å². The summed E-state index contributed by atoms with van der Waals surface area (Å²) in [7, 11) is 0. The van der Waals surface area contributed by atoms with Gasteiger partial charge in [-0.25, -0.2) is 9.59 Å². The maximum atomic E-state index is 14.0. The summed E-state index contributed by atoms with van der Waals surface area (Å²) in [5, 5.41) is 13.8. The van der Waals surface area contributed by atoms with Gasteiger partial charge in [0.2, 0.25) is 6.35 Å². The molecule has 0 aliphatic carbocycles. The van der Waals surface area contributed by atoms with E-state index in [4.69, 9.17) is 9.15 Å². The summed E-state index contributed by atoms with van der Waals surface area (Å²) < 4.78 is 11.4. The van der Waals surface area contributed by atoms with E-state index in [1.165, 1.54) is 19.3 Å². The molecule has 3 fully saturated rings. The highest BCUT2D eigenvalue weighted by atomic mass is 16.6. The number of hydrogen-bond donors (Lipinski definition) is 3. The number of likely N-dealkylation sites (tertiary alicyclic amines) is 3. The summed E-state index contributed by atoms with van der Waals surface area (Å²) >= 11 is 0. The van der Waals surface area contributed by atoms with Crippen molar-refractivity contribution in [2.45, 2.75) is 82.8 Å². The summed E-state index contributed by atoms with van der Waals surface area (Å²) in [6.45, 7) is 6.32. The van der Waals surface area contributed by atoms with Crippen molar-refractivity contribution in [3.8, 4) is 0 Å². The monoisotopic (exact) mass is 632 g/mol. The Kier molecular flexibility index (Phi) is 8.65. The quantitative estimate of drug-likeness (QED) is 0.373. The largest absolute Gasteiger partial charge is 0.436 e. The van der Waals surface area contributed by atoms with Gasteiger partial charge in [0, 0.05) is 44.7 Å². The lowest BCUT2D eigenvalue weighted by Crippen LogP contribution is -2.53. The van der Waals surface area contributed by atoms with Gasteiger partial charge in [-0.1, -0.05) is 24.6 Å². The first-order valence-corrected chi connectivity index (χ1v) is 16.8. The first kappa shape index (κ1) is 30.6. The number of aliphatic hydroxyl groups is 1. The van der Waals surface area contributed by atoms with E-state index in [-0.39, 0.29) is 18.4 Å². The Bertz CT molecular complexity index is 1620. The topological polar surface area (TPSA) is 135 Å². The number of carbonyl (C=O) groups excluding carboxylic acids is 2. The lowest BCUT2D eigenvalue weighted by Gasteiger charge is -2.41. The minimum Gasteiger partial charge on any atom is -0.436 e. The number of H-pyrrole nitrogens is 1. The normalized spacial score (nSPS) is 22.1. The fraction of sp³-hybridized carbons (Fsp3) is 0.559. The average Bonchev–Trinajstić information content (AvgIpc) is 3.63. The van der Waals surface area contributed by atoms with Crippen molar-refractivity contribution in [3.63, 3.8) is 0 Å². The molecule has 5 heterocycles. The van der Waals surface area contributed by atoms with Crippen LogP contribution in [0.1, 0.15) is 56.1 Å². The number of anilines is 2. The third-order valence-electron chi connectivity index (χ3n) is 10.3. The molecule has 46 heavy (non-hydrogen) atoms. The number of hydrogen-bond acceptors (Lipinski definition) is 9. The van der Waals surface area contributed by atoms with Gasteiger partial charge in [0.05, 0.1) is 16.9 Å². The number of fused-ring (bicyclic) bond motifs is 2. The maximum absolute atomic E-state index is 14.0. The molecule has 4 aliphatic rings. The van der Waals surface area contributed by atoms with Crippen molar-refractivity contribution in [1.82, 2.24) is 19.7 Å². The average molecular weight is 633 g/mol. The predicted octanol–water partition coefficient (Wildman–Crippen LogP) is 3.63. The minimum atomic E-state index is -1.00. The number of rotatable bonds is 6. The number of aromatic nitrogens is 1. The van der Waals surface area contributed by atoms with Crippen molar-refractivity contribution >= 4 is 34.5 Å². The molecular formula is C34H44N6O6. The fourth-order valence-corrected chi connectivity index (χ4v) is 7.83. The molecule has 2 atom stereocenters. The van der Waals surface area contributed by atoms with Crippen LogP contribution in [0.25, 0.3) is 11.1 Å². The summed E-state index contributed by atoms with van der Waals surface area (Å²) in [5.41, 5.74) is 4.47. The number of ether oxygens (including phenoxy) is 1. The zero-order chi connectivity index (χ0) is 31.8. The molecule has 0 saturated carbocycles. The van der Waals surface area contributed by atoms with Crippen LogP contribution in [0.5, 0.6) is 0 Å². The second kappa shape index (κ2) is 13.0. The van der Waals surface area contributed by atoms with Crippen LogP contribution in [0.15, 0.2) is 45.6 Å². The molecule has 3 N–H and O–H groups in total. The molecule has 2 aromatic carbocycles. The molecule has 0 bridgehead atoms. The van der Waals surface area contributed by atoms with Gasteiger partial charge in [0.15, 0.2) is 11.7 Å². The molecular weight excluding hydrogens is 588 g/mol. The van der Waals surface area contributed by atoms with Gasteiger partial charge in [-0.15, -0.1) is 0 Å². The molecule has 1 aromatic heterocycles. The summed E-state index contributed by atoms with van der Waals surface area (Å²) in [4.78, 5) is 50.3. The molecule has 246 valence electrons. The number of aromatic amines is 1. The first-order chi connectivity index (χ1) is 22.3. The number of aliphatic hydroxyl groups excluding tert-OH is 1. The highest BCUT2D eigenvalue weighted by Gasteiger charge is 2.38. The van der Waals surface area contributed by atoms with Crippen molar-refractivity contribution < 1.29 is 23.8 Å². The summed E-state index contributed by atoms with van der Waals surface area (Å²) in [6, 6.07) is 12.0. The Morgan fingerprint density at radius 2 is 1.65 bits per heavy atom. The number of para-hydroxylation sites is 2. The van der Waals surface area contributed by atoms with Crippen LogP contribution < -0.4 is 16.0 Å². The van der Waals surface area contributed by atoms with E-state index >= 15 is 0 Å². The first-order valence-electron chi connectivity index (χ1n) is 16.8. The Morgan fingerprint density at radius 3 is 2.41 bits per heavy atom. The lowest BCUT2D eigenvalue weighted by molar-refractivity contribution is -0.142. The number of aryl methyl sites for hydroxylation is 1. The Labute approximate surface area is 268 Å². The van der Waals surface area contributed by atoms with Crippen LogP contribution >= 0.6 is 0 Å². The second-order valence-electron chi connectivity index (χ2n) is 13.2. The maximum Gasteiger partial charge on any atom is 0.417 e. The number of amides is 2. The highest BCUT2D eigenvalue weighted by Crippen LogP contribution is 2.37. The lowest BCUT2D eigenvalue weighted by atomic mass is 9.98. The molecule has 0 spiro atoms. The minimum absolute atomic E-state index is 0.0551. The Balaban J connectivity index is 1.03. The molecule has 2 unspecified atom stereocenters. The number of piperidine rings is 3. The number of oxazole rings is 1. The molecule has 12 heteroatoms. The molecule has 2 amide bonds. The van der Waals surface area contributed by atoms with Gasteiger partial charge < -0.3 is 39.2 Å². The van der Waals surface area contributed by atoms with E-state index in [0.717, 1.165) is 48.4 Å². The van der Waals surface area contributed by atoms with E-state index in [9.17, 15) is 19.5 Å². The van der Waals surface area contributed by atoms with Crippen molar-refractivity contribution in [2.24, 2.45) is 0 Å². The number of carbonyl (C=O) groups is 2. The molecule has 7 rings (SSSR count).